The third-order valence-electron chi connectivity index (χ3n) is 6.17. The number of hydrogen-bond donors (Lipinski definition) is 1. The molecule has 0 saturated carbocycles. The van der Waals surface area contributed by atoms with Crippen LogP contribution in [0.1, 0.15) is 37.3 Å². The number of nitrogens with zero attached hydrogens (tertiary/aromatic N) is 2. The Hall–Kier alpha value is -2.04. The molecular weight excluding hydrogens is 384 g/mol. The molecule has 0 unspecified atom stereocenters. The molecule has 4 nitrogen and oxygen atoms in total. The van der Waals surface area contributed by atoms with Gasteiger partial charge in [-0.1, -0.05) is 49.7 Å². The van der Waals surface area contributed by atoms with Crippen LogP contribution in [-0.2, 0) is 17.6 Å². The first-order chi connectivity index (χ1) is 13.6. The highest BCUT2D eigenvalue weighted by molar-refractivity contribution is 5.85. The Balaban J connectivity index is 0.00000240. The van der Waals surface area contributed by atoms with Gasteiger partial charge in [0, 0.05) is 24.5 Å². The third-order valence-corrected chi connectivity index (χ3v) is 6.17. The predicted molar refractivity (Wildman–Crippen MR) is 121 cm³/mol. The Bertz CT molecular complexity index is 794. The zero-order valence-corrected chi connectivity index (χ0v) is 17.9. The summed E-state index contributed by atoms with van der Waals surface area (Å²) in [4.78, 5) is 16.3. The van der Waals surface area contributed by atoms with E-state index in [0.29, 0.717) is 5.92 Å². The van der Waals surface area contributed by atoms with Crippen molar-refractivity contribution in [2.24, 2.45) is 5.92 Å². The lowest BCUT2D eigenvalue weighted by molar-refractivity contribution is -0.144. The van der Waals surface area contributed by atoms with Crippen molar-refractivity contribution < 1.29 is 9.90 Å². The molecule has 2 heterocycles. The molecule has 0 amide bonds. The van der Waals surface area contributed by atoms with Gasteiger partial charge in [0.2, 0.25) is 0 Å². The molecular formula is C24H31ClN2O2. The van der Waals surface area contributed by atoms with Gasteiger partial charge in [-0.3, -0.25) is 9.69 Å². The molecule has 2 aliphatic heterocycles. The molecule has 1 fully saturated rings. The highest BCUT2D eigenvalue weighted by atomic mass is 35.5. The Labute approximate surface area is 179 Å². The molecule has 2 aromatic carbocycles. The molecule has 1 N–H and O–H groups in total. The molecule has 5 heteroatoms. The molecule has 0 aliphatic carbocycles. The van der Waals surface area contributed by atoms with Crippen molar-refractivity contribution in [1.82, 2.24) is 4.90 Å². The van der Waals surface area contributed by atoms with Crippen molar-refractivity contribution in [1.29, 1.82) is 0 Å². The fourth-order valence-corrected chi connectivity index (χ4v) is 4.83. The van der Waals surface area contributed by atoms with Gasteiger partial charge in [-0.15, -0.1) is 12.4 Å². The molecule has 0 bridgehead atoms. The Morgan fingerprint density at radius 3 is 2.17 bits per heavy atom. The number of likely N-dealkylation sites (tertiary alicyclic amines) is 1. The van der Waals surface area contributed by atoms with Crippen molar-refractivity contribution in [3.8, 4) is 0 Å². The average molecular weight is 415 g/mol. The van der Waals surface area contributed by atoms with E-state index >= 15 is 0 Å². The average Bonchev–Trinajstić information content (AvgIpc) is 2.86. The number of carboxylic acid groups (broad SMARTS) is 1. The van der Waals surface area contributed by atoms with Gasteiger partial charge in [0.1, 0.15) is 6.04 Å². The van der Waals surface area contributed by atoms with Crippen molar-refractivity contribution in [3.05, 3.63) is 59.7 Å². The highest BCUT2D eigenvalue weighted by Gasteiger charge is 2.30. The van der Waals surface area contributed by atoms with Crippen LogP contribution < -0.4 is 4.90 Å². The number of carboxylic acids is 1. The number of para-hydroxylation sites is 2. The molecule has 2 aliphatic rings. The number of hydrogen-bond acceptors (Lipinski definition) is 3. The number of aliphatic carboxylic acids is 1. The van der Waals surface area contributed by atoms with Gasteiger partial charge in [-0.25, -0.2) is 0 Å². The smallest absolute Gasteiger partial charge is 0.320 e. The summed E-state index contributed by atoms with van der Waals surface area (Å²) in [5.41, 5.74) is 5.39. The van der Waals surface area contributed by atoms with E-state index in [2.05, 4.69) is 65.3 Å². The van der Waals surface area contributed by atoms with Gasteiger partial charge in [-0.2, -0.15) is 0 Å². The zero-order valence-electron chi connectivity index (χ0n) is 17.1. The summed E-state index contributed by atoms with van der Waals surface area (Å²) in [6.45, 7) is 4.88. The number of anilines is 2. The van der Waals surface area contributed by atoms with Gasteiger partial charge in [0.25, 0.3) is 0 Å². The fraction of sp³-hybridized carbons (Fsp3) is 0.458. The second kappa shape index (κ2) is 9.64. The SMILES string of the molecule is C[C@@H](CN1c2ccccc2CCc2ccccc21)CN1CCCC[C@@H]1C(=O)O.Cl. The first kappa shape index (κ1) is 21.7. The first-order valence-corrected chi connectivity index (χ1v) is 10.5. The summed E-state index contributed by atoms with van der Waals surface area (Å²) in [6.07, 6.45) is 5.02. The van der Waals surface area contributed by atoms with Crippen LogP contribution in [0.25, 0.3) is 0 Å². The number of piperidine rings is 1. The number of fused-ring (bicyclic) bond motifs is 2. The fourth-order valence-electron chi connectivity index (χ4n) is 4.83. The molecule has 156 valence electrons. The molecule has 4 rings (SSSR count). The van der Waals surface area contributed by atoms with E-state index in [-0.39, 0.29) is 18.4 Å². The minimum Gasteiger partial charge on any atom is -0.480 e. The minimum atomic E-state index is -0.669. The topological polar surface area (TPSA) is 43.8 Å². The zero-order chi connectivity index (χ0) is 19.5. The summed E-state index contributed by atoms with van der Waals surface area (Å²) in [5.74, 6) is -0.295. The lowest BCUT2D eigenvalue weighted by Gasteiger charge is -2.36. The maximum Gasteiger partial charge on any atom is 0.320 e. The summed E-state index contributed by atoms with van der Waals surface area (Å²) in [6, 6.07) is 17.1. The molecule has 2 aromatic rings. The number of benzene rings is 2. The molecule has 0 radical (unpaired) electrons. The monoisotopic (exact) mass is 414 g/mol. The van der Waals surface area contributed by atoms with E-state index in [9.17, 15) is 9.90 Å². The largest absolute Gasteiger partial charge is 0.480 e. The van der Waals surface area contributed by atoms with Crippen molar-refractivity contribution in [2.45, 2.75) is 45.1 Å². The quantitative estimate of drug-likeness (QED) is 0.754. The third kappa shape index (κ3) is 4.76. The molecule has 1 saturated heterocycles. The Morgan fingerprint density at radius 2 is 1.59 bits per heavy atom. The van der Waals surface area contributed by atoms with Crippen LogP contribution in [0, 0.1) is 5.92 Å². The predicted octanol–water partition coefficient (Wildman–Crippen LogP) is 4.92. The van der Waals surface area contributed by atoms with E-state index in [1.807, 2.05) is 0 Å². The van der Waals surface area contributed by atoms with Crippen LogP contribution in [-0.4, -0.2) is 41.7 Å². The number of halogens is 1. The van der Waals surface area contributed by atoms with Crippen LogP contribution in [0.3, 0.4) is 0 Å². The number of rotatable bonds is 5. The maximum atomic E-state index is 11.7. The van der Waals surface area contributed by atoms with Gasteiger partial charge in [-0.05, 0) is 61.4 Å². The van der Waals surface area contributed by atoms with Gasteiger partial charge in [0.05, 0.1) is 0 Å². The van der Waals surface area contributed by atoms with Crippen LogP contribution in [0.15, 0.2) is 48.5 Å². The molecule has 2 atom stereocenters. The minimum absolute atomic E-state index is 0. The van der Waals surface area contributed by atoms with Crippen LogP contribution in [0.4, 0.5) is 11.4 Å². The summed E-state index contributed by atoms with van der Waals surface area (Å²) >= 11 is 0. The second-order valence-electron chi connectivity index (χ2n) is 8.32. The van der Waals surface area contributed by atoms with Crippen LogP contribution in [0.2, 0.25) is 0 Å². The lowest BCUT2D eigenvalue weighted by atomic mass is 9.99. The summed E-state index contributed by atoms with van der Waals surface area (Å²) in [7, 11) is 0. The van der Waals surface area contributed by atoms with E-state index in [0.717, 1.165) is 51.7 Å². The molecule has 0 spiro atoms. The van der Waals surface area contributed by atoms with Crippen molar-refractivity contribution >= 4 is 29.8 Å². The number of aryl methyl sites for hydroxylation is 2. The first-order valence-electron chi connectivity index (χ1n) is 10.5. The second-order valence-corrected chi connectivity index (χ2v) is 8.32. The summed E-state index contributed by atoms with van der Waals surface area (Å²) < 4.78 is 0. The Kier molecular flexibility index (Phi) is 7.20. The van der Waals surface area contributed by atoms with Crippen molar-refractivity contribution in [3.63, 3.8) is 0 Å². The van der Waals surface area contributed by atoms with Gasteiger partial charge in [0.15, 0.2) is 0 Å². The van der Waals surface area contributed by atoms with Gasteiger partial charge >= 0.3 is 5.97 Å². The molecule has 29 heavy (non-hydrogen) atoms. The van der Waals surface area contributed by atoms with Crippen molar-refractivity contribution in [2.75, 3.05) is 24.5 Å². The Morgan fingerprint density at radius 1 is 1.00 bits per heavy atom. The van der Waals surface area contributed by atoms with Crippen LogP contribution in [0.5, 0.6) is 0 Å². The highest BCUT2D eigenvalue weighted by Crippen LogP contribution is 2.36. The maximum absolute atomic E-state index is 11.7. The van der Waals surface area contributed by atoms with E-state index < -0.39 is 5.97 Å². The standard InChI is InChI=1S/C24H30N2O2.ClH/c1-18(16-25-15-7-6-12-23(25)24(27)28)17-26-21-10-4-2-8-19(21)13-14-20-9-3-5-11-22(20)26;/h2-5,8-11,18,23H,6-7,12-17H2,1H3,(H,27,28);1H/t18-,23-;/m1./s1. The number of carbonyl (C=O) groups is 1. The van der Waals surface area contributed by atoms with E-state index in [1.165, 1.54) is 22.5 Å². The normalized spacial score (nSPS) is 20.0. The van der Waals surface area contributed by atoms with E-state index in [1.54, 1.807) is 0 Å². The molecule has 0 aromatic heterocycles. The van der Waals surface area contributed by atoms with E-state index in [4.69, 9.17) is 0 Å². The summed E-state index contributed by atoms with van der Waals surface area (Å²) in [5, 5.41) is 9.59. The van der Waals surface area contributed by atoms with Crippen LogP contribution >= 0.6 is 12.4 Å². The van der Waals surface area contributed by atoms with Gasteiger partial charge < -0.3 is 10.0 Å². The lowest BCUT2D eigenvalue weighted by Crippen LogP contribution is -2.47.